The number of hydrogen-bond acceptors (Lipinski definition) is 1. The average Bonchev–Trinajstić information content (AvgIpc) is 2.11. The molecule has 1 atom stereocenters. The summed E-state index contributed by atoms with van der Waals surface area (Å²) >= 11 is 3.51. The van der Waals surface area contributed by atoms with Gasteiger partial charge in [-0.15, -0.1) is 0 Å². The van der Waals surface area contributed by atoms with Crippen molar-refractivity contribution in [2.45, 2.75) is 20.3 Å². The Morgan fingerprint density at radius 3 is 2.77 bits per heavy atom. The first-order valence-corrected chi connectivity index (χ1v) is 5.28. The van der Waals surface area contributed by atoms with E-state index in [0.717, 1.165) is 10.9 Å². The van der Waals surface area contributed by atoms with Crippen molar-refractivity contribution in [3.63, 3.8) is 0 Å². The predicted molar refractivity (Wildman–Crippen MR) is 58.8 cm³/mol. The van der Waals surface area contributed by atoms with Gasteiger partial charge in [-0.1, -0.05) is 40.5 Å². The molecular formula is C11H15BrO. The fourth-order valence-electron chi connectivity index (χ4n) is 1.30. The van der Waals surface area contributed by atoms with Crippen molar-refractivity contribution in [1.82, 2.24) is 0 Å². The Hall–Kier alpha value is -0.340. The fourth-order valence-corrected chi connectivity index (χ4v) is 1.71. The van der Waals surface area contributed by atoms with Crippen LogP contribution in [0.3, 0.4) is 0 Å². The van der Waals surface area contributed by atoms with E-state index in [9.17, 15) is 0 Å². The van der Waals surface area contributed by atoms with Crippen LogP contribution in [0.1, 0.15) is 18.1 Å². The lowest BCUT2D eigenvalue weighted by Crippen LogP contribution is -2.05. The molecule has 0 saturated heterocycles. The van der Waals surface area contributed by atoms with E-state index in [1.165, 1.54) is 11.1 Å². The summed E-state index contributed by atoms with van der Waals surface area (Å²) in [6, 6.07) is 6.31. The zero-order valence-corrected chi connectivity index (χ0v) is 9.63. The predicted octanol–water partition coefficient (Wildman–Crippen LogP) is 2.93. The van der Waals surface area contributed by atoms with Crippen molar-refractivity contribution in [2.24, 2.45) is 5.92 Å². The number of hydrogen-bond donors (Lipinski definition) is 1. The molecule has 0 heterocycles. The third-order valence-corrected chi connectivity index (χ3v) is 2.85. The lowest BCUT2D eigenvalue weighted by Gasteiger charge is -2.10. The number of aryl methyl sites for hydroxylation is 1. The summed E-state index contributed by atoms with van der Waals surface area (Å²) < 4.78 is 1.14. The molecule has 0 aliphatic carbocycles. The summed E-state index contributed by atoms with van der Waals surface area (Å²) in [7, 11) is 0. The molecule has 1 nitrogen and oxygen atoms in total. The Morgan fingerprint density at radius 2 is 2.15 bits per heavy atom. The van der Waals surface area contributed by atoms with Crippen LogP contribution >= 0.6 is 15.9 Å². The van der Waals surface area contributed by atoms with Crippen LogP contribution in [0, 0.1) is 12.8 Å². The zero-order valence-electron chi connectivity index (χ0n) is 8.05. The third kappa shape index (κ3) is 3.12. The van der Waals surface area contributed by atoms with Crippen LogP contribution in [0.5, 0.6) is 0 Å². The molecule has 0 saturated carbocycles. The van der Waals surface area contributed by atoms with Crippen molar-refractivity contribution in [2.75, 3.05) is 6.61 Å². The molecule has 0 bridgehead atoms. The van der Waals surface area contributed by atoms with Gasteiger partial charge < -0.3 is 5.11 Å². The maximum absolute atomic E-state index is 8.94. The summed E-state index contributed by atoms with van der Waals surface area (Å²) in [4.78, 5) is 0. The van der Waals surface area contributed by atoms with Gasteiger partial charge in [-0.3, -0.25) is 0 Å². The minimum atomic E-state index is 0.250. The van der Waals surface area contributed by atoms with E-state index in [2.05, 4.69) is 48.0 Å². The number of benzene rings is 1. The topological polar surface area (TPSA) is 20.2 Å². The smallest absolute Gasteiger partial charge is 0.0459 e. The first-order chi connectivity index (χ1) is 6.13. The van der Waals surface area contributed by atoms with Gasteiger partial charge in [0.25, 0.3) is 0 Å². The van der Waals surface area contributed by atoms with E-state index in [0.29, 0.717) is 5.92 Å². The standard InChI is InChI=1S/C11H15BrO/c1-8-3-4-11(12)10(5-8)6-9(2)7-13/h3-5,9,13H,6-7H2,1-2H3/t9-/m0/s1. The molecule has 0 aliphatic rings. The van der Waals surface area contributed by atoms with Crippen molar-refractivity contribution in [3.8, 4) is 0 Å². The summed E-state index contributed by atoms with van der Waals surface area (Å²) in [6.45, 7) is 4.38. The van der Waals surface area contributed by atoms with Crippen LogP contribution in [0.25, 0.3) is 0 Å². The molecule has 13 heavy (non-hydrogen) atoms. The molecule has 0 radical (unpaired) electrons. The maximum Gasteiger partial charge on any atom is 0.0459 e. The van der Waals surface area contributed by atoms with Crippen LogP contribution < -0.4 is 0 Å². The van der Waals surface area contributed by atoms with Crippen LogP contribution in [0.4, 0.5) is 0 Å². The Bertz CT molecular complexity index is 283. The Labute approximate surface area is 87.9 Å². The Kier molecular flexibility index (Phi) is 3.94. The largest absolute Gasteiger partial charge is 0.396 e. The highest BCUT2D eigenvalue weighted by Gasteiger charge is 2.05. The molecule has 0 fully saturated rings. The van der Waals surface area contributed by atoms with Crippen molar-refractivity contribution in [1.29, 1.82) is 0 Å². The third-order valence-electron chi connectivity index (χ3n) is 2.08. The molecular weight excluding hydrogens is 228 g/mol. The fraction of sp³-hybridized carbons (Fsp3) is 0.455. The molecule has 1 aromatic carbocycles. The molecule has 72 valence electrons. The highest BCUT2D eigenvalue weighted by molar-refractivity contribution is 9.10. The van der Waals surface area contributed by atoms with E-state index < -0.39 is 0 Å². The van der Waals surface area contributed by atoms with Gasteiger partial charge in [0, 0.05) is 11.1 Å². The van der Waals surface area contributed by atoms with Crippen molar-refractivity contribution < 1.29 is 5.11 Å². The van der Waals surface area contributed by atoms with Crippen LogP contribution in [-0.4, -0.2) is 11.7 Å². The number of aliphatic hydroxyl groups excluding tert-OH is 1. The van der Waals surface area contributed by atoms with Crippen molar-refractivity contribution in [3.05, 3.63) is 33.8 Å². The van der Waals surface area contributed by atoms with Gasteiger partial charge in [-0.2, -0.15) is 0 Å². The van der Waals surface area contributed by atoms with Gasteiger partial charge in [0.2, 0.25) is 0 Å². The van der Waals surface area contributed by atoms with Gasteiger partial charge in [0.15, 0.2) is 0 Å². The highest BCUT2D eigenvalue weighted by atomic mass is 79.9. The SMILES string of the molecule is Cc1ccc(Br)c(C[C@H](C)CO)c1. The lowest BCUT2D eigenvalue weighted by atomic mass is 10.0. The number of rotatable bonds is 3. The van der Waals surface area contributed by atoms with E-state index in [-0.39, 0.29) is 6.61 Å². The maximum atomic E-state index is 8.94. The minimum Gasteiger partial charge on any atom is -0.396 e. The summed E-state index contributed by atoms with van der Waals surface area (Å²) in [5.41, 5.74) is 2.55. The average molecular weight is 243 g/mol. The number of halogens is 1. The second-order valence-electron chi connectivity index (χ2n) is 3.59. The summed E-state index contributed by atoms with van der Waals surface area (Å²) in [5, 5.41) is 8.94. The minimum absolute atomic E-state index is 0.250. The van der Waals surface area contributed by atoms with Crippen LogP contribution in [0.2, 0.25) is 0 Å². The van der Waals surface area contributed by atoms with Gasteiger partial charge in [0.1, 0.15) is 0 Å². The molecule has 0 spiro atoms. The second-order valence-corrected chi connectivity index (χ2v) is 4.44. The normalized spacial score (nSPS) is 12.9. The van der Waals surface area contributed by atoms with Crippen LogP contribution in [-0.2, 0) is 6.42 Å². The first-order valence-electron chi connectivity index (χ1n) is 4.49. The van der Waals surface area contributed by atoms with Crippen LogP contribution in [0.15, 0.2) is 22.7 Å². The second kappa shape index (κ2) is 4.77. The molecule has 2 heteroatoms. The number of aliphatic hydroxyl groups is 1. The molecule has 0 aromatic heterocycles. The molecule has 0 amide bonds. The quantitative estimate of drug-likeness (QED) is 0.865. The van der Waals surface area contributed by atoms with E-state index in [1.54, 1.807) is 0 Å². The van der Waals surface area contributed by atoms with Gasteiger partial charge >= 0.3 is 0 Å². The molecule has 0 unspecified atom stereocenters. The lowest BCUT2D eigenvalue weighted by molar-refractivity contribution is 0.237. The summed E-state index contributed by atoms with van der Waals surface area (Å²) in [6.07, 6.45) is 0.929. The zero-order chi connectivity index (χ0) is 9.84. The molecule has 1 N–H and O–H groups in total. The van der Waals surface area contributed by atoms with Gasteiger partial charge in [-0.25, -0.2) is 0 Å². The van der Waals surface area contributed by atoms with E-state index >= 15 is 0 Å². The van der Waals surface area contributed by atoms with Gasteiger partial charge in [0.05, 0.1) is 0 Å². The molecule has 1 aromatic rings. The Morgan fingerprint density at radius 1 is 1.46 bits per heavy atom. The van der Waals surface area contributed by atoms with E-state index in [1.807, 2.05) is 0 Å². The monoisotopic (exact) mass is 242 g/mol. The van der Waals surface area contributed by atoms with Crippen molar-refractivity contribution >= 4 is 15.9 Å². The highest BCUT2D eigenvalue weighted by Crippen LogP contribution is 2.20. The Balaban J connectivity index is 2.81. The van der Waals surface area contributed by atoms with E-state index in [4.69, 9.17) is 5.11 Å². The molecule has 1 rings (SSSR count). The summed E-state index contributed by atoms with van der Waals surface area (Å²) in [5.74, 6) is 0.332. The first kappa shape index (κ1) is 10.7. The van der Waals surface area contributed by atoms with Gasteiger partial charge in [-0.05, 0) is 30.9 Å². The molecule has 0 aliphatic heterocycles.